The first-order valence-corrected chi connectivity index (χ1v) is 5.59. The zero-order valence-corrected chi connectivity index (χ0v) is 10.4. The first kappa shape index (κ1) is 13.8. The second-order valence-corrected chi connectivity index (χ2v) is 5.14. The second kappa shape index (κ2) is 5.35. The predicted octanol–water partition coefficient (Wildman–Crippen LogP) is 1.14. The quantitative estimate of drug-likeness (QED) is 0.776. The van der Waals surface area contributed by atoms with Gasteiger partial charge in [0.2, 0.25) is 0 Å². The smallest absolute Gasteiger partial charge is 0.407 e. The van der Waals surface area contributed by atoms with E-state index in [2.05, 4.69) is 5.32 Å². The van der Waals surface area contributed by atoms with E-state index in [1.54, 1.807) is 20.8 Å². The number of hydrogen-bond donors (Lipinski definition) is 2. The van der Waals surface area contributed by atoms with Gasteiger partial charge in [0.15, 0.2) is 0 Å². The van der Waals surface area contributed by atoms with Crippen LogP contribution in [0, 0.1) is 0 Å². The summed E-state index contributed by atoms with van der Waals surface area (Å²) >= 11 is 0. The fourth-order valence-electron chi connectivity index (χ4n) is 1.48. The van der Waals surface area contributed by atoms with E-state index in [1.165, 1.54) is 0 Å². The molecule has 0 aliphatic heterocycles. The van der Waals surface area contributed by atoms with Crippen LogP contribution in [-0.4, -0.2) is 41.5 Å². The summed E-state index contributed by atoms with van der Waals surface area (Å²) in [5.74, 6) is -0.978. The summed E-state index contributed by atoms with van der Waals surface area (Å²) in [6, 6.07) is 0.0173. The summed E-state index contributed by atoms with van der Waals surface area (Å²) < 4.78 is 10.2. The van der Waals surface area contributed by atoms with Gasteiger partial charge in [0.05, 0.1) is 6.10 Å². The van der Waals surface area contributed by atoms with Gasteiger partial charge in [0.1, 0.15) is 12.2 Å². The number of hydrogen-bond acceptors (Lipinski definition) is 4. The van der Waals surface area contributed by atoms with Gasteiger partial charge in [-0.05, 0) is 33.6 Å². The van der Waals surface area contributed by atoms with Crippen molar-refractivity contribution in [3.05, 3.63) is 0 Å². The van der Waals surface area contributed by atoms with E-state index in [0.29, 0.717) is 12.8 Å². The molecule has 0 atom stereocenters. The summed E-state index contributed by atoms with van der Waals surface area (Å²) in [6.07, 6.45) is 0.740. The van der Waals surface area contributed by atoms with Gasteiger partial charge in [-0.1, -0.05) is 0 Å². The molecule has 0 saturated heterocycles. The Balaban J connectivity index is 2.13. The summed E-state index contributed by atoms with van der Waals surface area (Å²) in [7, 11) is 0. The van der Waals surface area contributed by atoms with Crippen molar-refractivity contribution in [2.24, 2.45) is 0 Å². The van der Waals surface area contributed by atoms with Crippen molar-refractivity contribution >= 4 is 12.1 Å². The van der Waals surface area contributed by atoms with Crippen LogP contribution in [0.4, 0.5) is 4.79 Å². The maximum absolute atomic E-state index is 11.4. The molecule has 1 saturated carbocycles. The molecule has 17 heavy (non-hydrogen) atoms. The number of nitrogens with one attached hydrogen (secondary N) is 1. The van der Waals surface area contributed by atoms with Gasteiger partial charge in [-0.3, -0.25) is 0 Å². The Bertz CT molecular complexity index is 291. The number of carboxylic acids is 1. The van der Waals surface area contributed by atoms with Crippen LogP contribution >= 0.6 is 0 Å². The van der Waals surface area contributed by atoms with E-state index in [-0.39, 0.29) is 18.8 Å². The van der Waals surface area contributed by atoms with Gasteiger partial charge in [-0.2, -0.15) is 0 Å². The van der Waals surface area contributed by atoms with Gasteiger partial charge in [-0.25, -0.2) is 9.59 Å². The van der Waals surface area contributed by atoms with Gasteiger partial charge >= 0.3 is 12.1 Å². The number of carbonyl (C=O) groups is 2. The van der Waals surface area contributed by atoms with Crippen LogP contribution in [0.1, 0.15) is 33.6 Å². The van der Waals surface area contributed by atoms with Crippen LogP contribution in [0.15, 0.2) is 0 Å². The lowest BCUT2D eigenvalue weighted by molar-refractivity contribution is -0.146. The lowest BCUT2D eigenvalue weighted by atomic mass is 9.89. The Morgan fingerprint density at radius 3 is 2.41 bits per heavy atom. The molecule has 1 aliphatic carbocycles. The average Bonchev–Trinajstić information content (AvgIpc) is 2.04. The molecule has 0 heterocycles. The number of carboxylic acid groups (broad SMARTS) is 1. The molecule has 0 bridgehead atoms. The monoisotopic (exact) mass is 245 g/mol. The molecule has 0 radical (unpaired) electrons. The number of rotatable bonds is 4. The molecule has 1 aliphatic rings. The van der Waals surface area contributed by atoms with Gasteiger partial charge in [0, 0.05) is 6.04 Å². The van der Waals surface area contributed by atoms with Crippen molar-refractivity contribution in [1.82, 2.24) is 5.32 Å². The fraction of sp³-hybridized carbons (Fsp3) is 0.818. The Kier molecular flexibility index (Phi) is 4.34. The molecule has 1 amide bonds. The van der Waals surface area contributed by atoms with E-state index < -0.39 is 17.7 Å². The molecule has 0 unspecified atom stereocenters. The molecule has 2 N–H and O–H groups in total. The van der Waals surface area contributed by atoms with Crippen molar-refractivity contribution in [3.63, 3.8) is 0 Å². The minimum absolute atomic E-state index is 0.0173. The number of aliphatic carboxylic acids is 1. The molecule has 6 heteroatoms. The topological polar surface area (TPSA) is 84.9 Å². The third kappa shape index (κ3) is 5.53. The van der Waals surface area contributed by atoms with E-state index >= 15 is 0 Å². The zero-order chi connectivity index (χ0) is 13.1. The lowest BCUT2D eigenvalue weighted by Gasteiger charge is -2.35. The number of amides is 1. The first-order chi connectivity index (χ1) is 7.76. The van der Waals surface area contributed by atoms with Crippen LogP contribution in [0.3, 0.4) is 0 Å². The molecule has 0 spiro atoms. The summed E-state index contributed by atoms with van der Waals surface area (Å²) in [5, 5.41) is 11.1. The minimum Gasteiger partial charge on any atom is -0.480 e. The van der Waals surface area contributed by atoms with E-state index in [0.717, 1.165) is 0 Å². The van der Waals surface area contributed by atoms with Crippen LogP contribution in [0.5, 0.6) is 0 Å². The third-order valence-electron chi connectivity index (χ3n) is 2.26. The summed E-state index contributed by atoms with van der Waals surface area (Å²) in [6.45, 7) is 5.11. The summed E-state index contributed by atoms with van der Waals surface area (Å²) in [4.78, 5) is 21.6. The molecule has 0 aromatic heterocycles. The average molecular weight is 245 g/mol. The Labute approximate surface area is 100 Å². The lowest BCUT2D eigenvalue weighted by Crippen LogP contribution is -2.49. The highest BCUT2D eigenvalue weighted by molar-refractivity contribution is 5.68. The predicted molar refractivity (Wildman–Crippen MR) is 59.8 cm³/mol. The van der Waals surface area contributed by atoms with Gasteiger partial charge in [-0.15, -0.1) is 0 Å². The number of carbonyl (C=O) groups excluding carboxylic acids is 1. The maximum atomic E-state index is 11.4. The highest BCUT2D eigenvalue weighted by Gasteiger charge is 2.32. The van der Waals surface area contributed by atoms with Crippen molar-refractivity contribution in [2.45, 2.75) is 51.4 Å². The number of alkyl carbamates (subject to hydrolysis) is 1. The van der Waals surface area contributed by atoms with Crippen LogP contribution in [0.25, 0.3) is 0 Å². The van der Waals surface area contributed by atoms with E-state index in [4.69, 9.17) is 14.6 Å². The van der Waals surface area contributed by atoms with E-state index in [1.807, 2.05) is 0 Å². The van der Waals surface area contributed by atoms with Crippen LogP contribution in [-0.2, 0) is 14.3 Å². The van der Waals surface area contributed by atoms with E-state index in [9.17, 15) is 9.59 Å². The van der Waals surface area contributed by atoms with Crippen molar-refractivity contribution in [1.29, 1.82) is 0 Å². The van der Waals surface area contributed by atoms with Crippen molar-refractivity contribution in [3.8, 4) is 0 Å². The van der Waals surface area contributed by atoms with Crippen LogP contribution < -0.4 is 5.32 Å². The fourth-order valence-corrected chi connectivity index (χ4v) is 1.48. The minimum atomic E-state index is -0.978. The number of ether oxygens (including phenoxy) is 2. The first-order valence-electron chi connectivity index (χ1n) is 5.59. The Morgan fingerprint density at radius 1 is 1.35 bits per heavy atom. The Morgan fingerprint density at radius 2 is 1.94 bits per heavy atom. The van der Waals surface area contributed by atoms with Gasteiger partial charge in [0.25, 0.3) is 0 Å². The largest absolute Gasteiger partial charge is 0.480 e. The SMILES string of the molecule is CC(C)(C)OC(=O)NC1CC(OCC(=O)O)C1. The zero-order valence-electron chi connectivity index (χ0n) is 10.4. The van der Waals surface area contributed by atoms with Crippen molar-refractivity contribution < 1.29 is 24.2 Å². The molecule has 0 aromatic rings. The highest BCUT2D eigenvalue weighted by Crippen LogP contribution is 2.23. The second-order valence-electron chi connectivity index (χ2n) is 5.14. The molecule has 0 aromatic carbocycles. The molecular weight excluding hydrogens is 226 g/mol. The summed E-state index contributed by atoms with van der Waals surface area (Å²) in [5.41, 5.74) is -0.507. The highest BCUT2D eigenvalue weighted by atomic mass is 16.6. The molecule has 1 fully saturated rings. The standard InChI is InChI=1S/C11H19NO5/c1-11(2,3)17-10(15)12-7-4-8(5-7)16-6-9(13)14/h7-8H,4-6H2,1-3H3,(H,12,15)(H,13,14). The van der Waals surface area contributed by atoms with Crippen LogP contribution in [0.2, 0.25) is 0 Å². The molecular formula is C11H19NO5. The molecule has 98 valence electrons. The van der Waals surface area contributed by atoms with Gasteiger partial charge < -0.3 is 19.9 Å². The Hall–Kier alpha value is -1.30. The third-order valence-corrected chi connectivity index (χ3v) is 2.26. The normalized spacial score (nSPS) is 23.7. The molecule has 6 nitrogen and oxygen atoms in total. The van der Waals surface area contributed by atoms with Crippen molar-refractivity contribution in [2.75, 3.05) is 6.61 Å². The maximum Gasteiger partial charge on any atom is 0.407 e. The molecule has 1 rings (SSSR count).